The van der Waals surface area contributed by atoms with Crippen molar-refractivity contribution in [2.24, 2.45) is 23.7 Å². The second-order valence-corrected chi connectivity index (χ2v) is 12.9. The van der Waals surface area contributed by atoms with Crippen LogP contribution >= 0.6 is 0 Å². The van der Waals surface area contributed by atoms with Gasteiger partial charge >= 0.3 is 6.09 Å². The van der Waals surface area contributed by atoms with Crippen molar-refractivity contribution in [2.75, 3.05) is 13.2 Å². The van der Waals surface area contributed by atoms with Gasteiger partial charge in [-0.2, -0.15) is 0 Å². The summed E-state index contributed by atoms with van der Waals surface area (Å²) in [6.07, 6.45) is 6.83. The summed E-state index contributed by atoms with van der Waals surface area (Å²) >= 11 is 0. The van der Waals surface area contributed by atoms with Gasteiger partial charge in [0.1, 0.15) is 0 Å². The average Bonchev–Trinajstić information content (AvgIpc) is 2.72. The largest absolute Gasteiger partial charge is 0.450 e. The van der Waals surface area contributed by atoms with Gasteiger partial charge in [-0.15, -0.1) is 0 Å². The van der Waals surface area contributed by atoms with E-state index in [4.69, 9.17) is 4.74 Å². The van der Waals surface area contributed by atoms with E-state index in [1.807, 2.05) is 0 Å². The van der Waals surface area contributed by atoms with E-state index in [1.165, 1.54) is 0 Å². The van der Waals surface area contributed by atoms with Crippen molar-refractivity contribution in [1.82, 2.24) is 10.6 Å². The van der Waals surface area contributed by atoms with Crippen LogP contribution in [0.2, 0.25) is 0 Å². The van der Waals surface area contributed by atoms with Gasteiger partial charge in [-0.05, 0) is 82.5 Å². The minimum atomic E-state index is -3.29. The number of hydrogen-bond donors (Lipinski definition) is 2. The van der Waals surface area contributed by atoms with E-state index in [1.54, 1.807) is 13.8 Å². The summed E-state index contributed by atoms with van der Waals surface area (Å²) in [6.45, 7) is 6.38. The molecule has 2 heterocycles. The van der Waals surface area contributed by atoms with Crippen molar-refractivity contribution >= 4 is 21.8 Å². The van der Waals surface area contributed by atoms with Gasteiger partial charge in [0.15, 0.2) is 9.84 Å². The number of ether oxygens (including phenoxy) is 1. The maximum Gasteiger partial charge on any atom is 0.407 e. The standard InChI is InChI=1S/C23H40N2O5S/c1-4-17-11-16-5-6-18(17)9-10-30-23(27)25-20-7-8-21(31(28,29)15(2)3)19(13-20)14-24-22(26)12-16/h15-21H,4-14H2,1-3H3,(H,24,26)(H,25,27)/t16-,17?,18?,19?,20?,21?/m1/s1. The lowest BCUT2D eigenvalue weighted by Crippen LogP contribution is -2.49. The Kier molecular flexibility index (Phi) is 8.27. The summed E-state index contributed by atoms with van der Waals surface area (Å²) in [6, 6.07) is -0.124. The number of carbonyl (C=O) groups is 2. The highest BCUT2D eigenvalue weighted by atomic mass is 32.2. The third kappa shape index (κ3) is 6.14. The molecule has 7 nitrogen and oxygen atoms in total. The fourth-order valence-corrected chi connectivity index (χ4v) is 7.85. The SMILES string of the molecule is CCC1C[C@H]2CCC1CCOC(=O)NC1CCC(S(=O)(=O)C(C)C)C(CNC(=O)C2)C1. The van der Waals surface area contributed by atoms with Gasteiger partial charge in [0, 0.05) is 19.0 Å². The third-order valence-electron chi connectivity index (χ3n) is 7.84. The minimum Gasteiger partial charge on any atom is -0.450 e. The summed E-state index contributed by atoms with van der Waals surface area (Å²) in [5.41, 5.74) is 0. The van der Waals surface area contributed by atoms with Crippen molar-refractivity contribution in [3.05, 3.63) is 0 Å². The molecule has 2 N–H and O–H groups in total. The highest BCUT2D eigenvalue weighted by molar-refractivity contribution is 7.92. The number of amides is 2. The Balaban J connectivity index is 1.75. The van der Waals surface area contributed by atoms with E-state index < -0.39 is 26.4 Å². The lowest BCUT2D eigenvalue weighted by atomic mass is 9.71. The van der Waals surface area contributed by atoms with Crippen LogP contribution in [0.25, 0.3) is 0 Å². The zero-order valence-corrected chi connectivity index (χ0v) is 20.1. The van der Waals surface area contributed by atoms with Crippen molar-refractivity contribution in [1.29, 1.82) is 0 Å². The number of nitrogens with one attached hydrogen (secondary N) is 2. The molecule has 0 radical (unpaired) electrons. The Hall–Kier alpha value is -1.31. The van der Waals surface area contributed by atoms with E-state index in [-0.39, 0.29) is 17.9 Å². The van der Waals surface area contributed by atoms with Crippen LogP contribution in [0.4, 0.5) is 4.79 Å². The van der Waals surface area contributed by atoms with Crippen molar-refractivity contribution in [3.63, 3.8) is 0 Å². The number of carbonyl (C=O) groups excluding carboxylic acids is 2. The molecule has 4 aliphatic rings. The Morgan fingerprint density at radius 1 is 1.03 bits per heavy atom. The van der Waals surface area contributed by atoms with Crippen LogP contribution in [0.3, 0.4) is 0 Å². The van der Waals surface area contributed by atoms with Crippen LogP contribution < -0.4 is 10.6 Å². The Morgan fingerprint density at radius 2 is 1.81 bits per heavy atom. The van der Waals surface area contributed by atoms with Crippen LogP contribution in [0.5, 0.6) is 0 Å². The molecule has 8 heteroatoms. The Bertz CT molecular complexity index is 738. The monoisotopic (exact) mass is 456 g/mol. The zero-order valence-electron chi connectivity index (χ0n) is 19.3. The molecule has 0 aromatic rings. The molecular weight excluding hydrogens is 416 g/mol. The average molecular weight is 457 g/mol. The Morgan fingerprint density at radius 3 is 2.52 bits per heavy atom. The lowest BCUT2D eigenvalue weighted by Gasteiger charge is -2.38. The van der Waals surface area contributed by atoms with Crippen LogP contribution in [-0.4, -0.2) is 50.1 Å². The van der Waals surface area contributed by atoms with Crippen LogP contribution in [0.1, 0.15) is 78.6 Å². The highest BCUT2D eigenvalue weighted by Crippen LogP contribution is 2.39. The van der Waals surface area contributed by atoms with Gasteiger partial charge in [-0.1, -0.05) is 13.3 Å². The molecule has 4 fully saturated rings. The fraction of sp³-hybridized carbons (Fsp3) is 0.913. The molecule has 0 aromatic carbocycles. The van der Waals surface area contributed by atoms with Crippen molar-refractivity contribution in [3.8, 4) is 0 Å². The smallest absolute Gasteiger partial charge is 0.407 e. The molecule has 178 valence electrons. The highest BCUT2D eigenvalue weighted by Gasteiger charge is 2.41. The molecule has 2 aliphatic heterocycles. The maximum absolute atomic E-state index is 12.9. The van der Waals surface area contributed by atoms with Gasteiger partial charge < -0.3 is 15.4 Å². The molecule has 0 spiro atoms. The number of sulfone groups is 1. The topological polar surface area (TPSA) is 102 Å². The first-order valence-electron chi connectivity index (χ1n) is 12.1. The second kappa shape index (κ2) is 10.5. The summed E-state index contributed by atoms with van der Waals surface area (Å²) < 4.78 is 31.4. The predicted octanol–water partition coefficient (Wildman–Crippen LogP) is 3.43. The Labute approximate surface area is 187 Å². The molecule has 4 rings (SSSR count). The van der Waals surface area contributed by atoms with E-state index in [2.05, 4.69) is 17.6 Å². The normalized spacial score (nSPS) is 35.9. The molecule has 2 amide bonds. The summed E-state index contributed by atoms with van der Waals surface area (Å²) in [5, 5.41) is 5.04. The molecule has 4 bridgehead atoms. The second-order valence-electron chi connectivity index (χ2n) is 10.1. The van der Waals surface area contributed by atoms with Gasteiger partial charge in [0.2, 0.25) is 5.91 Å². The predicted molar refractivity (Wildman–Crippen MR) is 120 cm³/mol. The van der Waals surface area contributed by atoms with Gasteiger partial charge in [0.25, 0.3) is 0 Å². The van der Waals surface area contributed by atoms with Crippen LogP contribution in [-0.2, 0) is 19.4 Å². The van der Waals surface area contributed by atoms with E-state index in [0.717, 1.165) is 32.1 Å². The first-order valence-corrected chi connectivity index (χ1v) is 13.7. The van der Waals surface area contributed by atoms with E-state index in [0.29, 0.717) is 56.6 Å². The van der Waals surface area contributed by atoms with Gasteiger partial charge in [-0.25, -0.2) is 13.2 Å². The van der Waals surface area contributed by atoms with Crippen LogP contribution in [0.15, 0.2) is 0 Å². The van der Waals surface area contributed by atoms with E-state index >= 15 is 0 Å². The fourth-order valence-electron chi connectivity index (χ4n) is 5.94. The summed E-state index contributed by atoms with van der Waals surface area (Å²) in [4.78, 5) is 25.1. The van der Waals surface area contributed by atoms with Gasteiger partial charge in [-0.3, -0.25) is 4.79 Å². The van der Waals surface area contributed by atoms with Crippen molar-refractivity contribution < 1.29 is 22.7 Å². The maximum atomic E-state index is 12.9. The number of fused-ring (bicyclic) bond motifs is 9. The number of hydrogen-bond acceptors (Lipinski definition) is 5. The quantitative estimate of drug-likeness (QED) is 0.677. The van der Waals surface area contributed by atoms with E-state index in [9.17, 15) is 18.0 Å². The zero-order chi connectivity index (χ0) is 22.6. The molecule has 2 saturated heterocycles. The molecule has 2 aliphatic carbocycles. The van der Waals surface area contributed by atoms with Gasteiger partial charge in [0.05, 0.1) is 17.1 Å². The third-order valence-corrected chi connectivity index (χ3v) is 10.6. The molecule has 31 heavy (non-hydrogen) atoms. The number of rotatable bonds is 3. The number of alkyl carbamates (subject to hydrolysis) is 1. The molecule has 6 atom stereocenters. The first-order chi connectivity index (χ1) is 14.7. The summed E-state index contributed by atoms with van der Waals surface area (Å²) in [7, 11) is -3.29. The van der Waals surface area contributed by atoms with Crippen molar-refractivity contribution in [2.45, 2.75) is 95.1 Å². The minimum absolute atomic E-state index is 0.0283. The molecule has 2 saturated carbocycles. The lowest BCUT2D eigenvalue weighted by molar-refractivity contribution is -0.122. The molecular formula is C23H40N2O5S. The van der Waals surface area contributed by atoms with Crippen LogP contribution in [0, 0.1) is 23.7 Å². The molecule has 5 unspecified atom stereocenters. The summed E-state index contributed by atoms with van der Waals surface area (Å²) in [5.74, 6) is 1.31. The first kappa shape index (κ1) is 24.3. The molecule has 0 aromatic heterocycles.